The van der Waals surface area contributed by atoms with Gasteiger partial charge in [0.15, 0.2) is 0 Å². The van der Waals surface area contributed by atoms with Crippen LogP contribution in [-0.4, -0.2) is 15.9 Å². The van der Waals surface area contributed by atoms with Crippen molar-refractivity contribution in [1.29, 1.82) is 0 Å². The van der Waals surface area contributed by atoms with E-state index in [2.05, 4.69) is 97.6 Å². The molecule has 0 N–H and O–H groups in total. The fourth-order valence-electron chi connectivity index (χ4n) is 6.95. The van der Waals surface area contributed by atoms with Crippen molar-refractivity contribution in [2.75, 3.05) is 0 Å². The van der Waals surface area contributed by atoms with Crippen molar-refractivity contribution in [2.24, 2.45) is 0 Å². The number of fused-ring (bicyclic) bond motifs is 2. The molecule has 2 nitrogen and oxygen atoms in total. The summed E-state index contributed by atoms with van der Waals surface area (Å²) < 4.78 is 0.166. The first kappa shape index (κ1) is 26.1. The molecule has 2 aromatic carbocycles. The Morgan fingerprint density at radius 1 is 0.658 bits per heavy atom. The van der Waals surface area contributed by atoms with E-state index in [9.17, 15) is 0 Å². The molecular formula is C32H31Cl2N2SiZr. The summed E-state index contributed by atoms with van der Waals surface area (Å²) in [4.78, 5) is 8.76. The average molecular weight is 634 g/mol. The van der Waals surface area contributed by atoms with Crippen LogP contribution in [0.4, 0.5) is 0 Å². The van der Waals surface area contributed by atoms with Crippen molar-refractivity contribution in [3.63, 3.8) is 0 Å². The topological polar surface area (TPSA) is 25.8 Å². The van der Waals surface area contributed by atoms with Gasteiger partial charge in [-0.1, -0.05) is 0 Å². The van der Waals surface area contributed by atoms with E-state index in [1.807, 2.05) is 36.9 Å². The molecule has 0 saturated carbocycles. The van der Waals surface area contributed by atoms with Crippen LogP contribution in [0.3, 0.4) is 0 Å². The molecule has 2 aromatic heterocycles. The molecule has 0 fully saturated rings. The van der Waals surface area contributed by atoms with E-state index in [0.717, 1.165) is 11.1 Å². The summed E-state index contributed by atoms with van der Waals surface area (Å²) in [7, 11) is 16.6. The van der Waals surface area contributed by atoms with Gasteiger partial charge >= 0.3 is 236 Å². The van der Waals surface area contributed by atoms with Gasteiger partial charge in [-0.05, 0) is 0 Å². The molecule has 2 heterocycles. The molecule has 2 atom stereocenters. The van der Waals surface area contributed by atoms with Gasteiger partial charge < -0.3 is 0 Å². The zero-order valence-electron chi connectivity index (χ0n) is 22.1. The summed E-state index contributed by atoms with van der Waals surface area (Å²) in [6.45, 7) is 9.26. The van der Waals surface area contributed by atoms with E-state index in [4.69, 9.17) is 17.0 Å². The Morgan fingerprint density at radius 2 is 1.11 bits per heavy atom. The minimum atomic E-state index is -4.66. The Morgan fingerprint density at radius 3 is 1.47 bits per heavy atom. The number of hydrogen-bond acceptors (Lipinski definition) is 2. The first-order valence-corrected chi connectivity index (χ1v) is 29.5. The maximum atomic E-state index is 8.31. The van der Waals surface area contributed by atoms with Crippen LogP contribution in [0.2, 0.25) is 13.1 Å². The quantitative estimate of drug-likeness (QED) is 0.205. The van der Waals surface area contributed by atoms with Gasteiger partial charge in [-0.3, -0.25) is 0 Å². The molecule has 0 bridgehead atoms. The second-order valence-electron chi connectivity index (χ2n) is 11.1. The van der Waals surface area contributed by atoms with E-state index in [1.54, 1.807) is 0 Å². The molecule has 0 radical (unpaired) electrons. The van der Waals surface area contributed by atoms with Gasteiger partial charge in [-0.2, -0.15) is 0 Å². The second-order valence-corrected chi connectivity index (χ2v) is 53.6. The third-order valence-electron chi connectivity index (χ3n) is 8.71. The van der Waals surface area contributed by atoms with Gasteiger partial charge in [0.2, 0.25) is 0 Å². The number of rotatable bonds is 5. The molecule has 0 saturated heterocycles. The fraction of sp³-hybridized carbons (Fsp3) is 0.188. The first-order chi connectivity index (χ1) is 18.2. The number of allylic oxidation sites excluding steroid dienone is 2. The molecule has 191 valence electrons. The third kappa shape index (κ3) is 3.83. The van der Waals surface area contributed by atoms with Crippen LogP contribution in [0.15, 0.2) is 96.6 Å². The van der Waals surface area contributed by atoms with Crippen LogP contribution in [0.25, 0.3) is 34.4 Å². The normalized spacial score (nSPS) is 19.4. The summed E-state index contributed by atoms with van der Waals surface area (Å²) in [5.74, 6) is -1.56. The van der Waals surface area contributed by atoms with Crippen LogP contribution < -0.4 is 0 Å². The summed E-state index contributed by atoms with van der Waals surface area (Å²) in [5, 5.41) is 0. The summed E-state index contributed by atoms with van der Waals surface area (Å²) in [6, 6.07) is 21.5. The molecule has 2 unspecified atom stereocenters. The number of nitrogens with zero attached hydrogens (tertiary/aromatic N) is 2. The van der Waals surface area contributed by atoms with Crippen molar-refractivity contribution >= 4 is 35.1 Å². The molecule has 4 aromatic rings. The number of halogens is 2. The van der Waals surface area contributed by atoms with Gasteiger partial charge in [-0.25, -0.2) is 0 Å². The Balaban J connectivity index is 1.56. The molecule has 6 rings (SSSR count). The van der Waals surface area contributed by atoms with Crippen LogP contribution in [0, 0.1) is 0 Å². The fourth-order valence-corrected chi connectivity index (χ4v) is 39.9. The molecule has 6 heteroatoms. The van der Waals surface area contributed by atoms with Gasteiger partial charge in [0.05, 0.1) is 0 Å². The zero-order chi connectivity index (χ0) is 26.7. The van der Waals surface area contributed by atoms with Gasteiger partial charge in [-0.15, -0.1) is 0 Å². The second kappa shape index (κ2) is 9.52. The van der Waals surface area contributed by atoms with Crippen LogP contribution >= 0.6 is 17.0 Å². The molecule has 0 spiro atoms. The molecule has 38 heavy (non-hydrogen) atoms. The predicted molar refractivity (Wildman–Crippen MR) is 163 cm³/mol. The summed E-state index contributed by atoms with van der Waals surface area (Å²) in [6.07, 6.45) is 12.2. The molecule has 2 aliphatic carbocycles. The Hall–Kier alpha value is -2.10. The average Bonchev–Trinajstić information content (AvgIpc) is 3.46. The van der Waals surface area contributed by atoms with Gasteiger partial charge in [0.1, 0.15) is 0 Å². The Labute approximate surface area is 234 Å². The molecular weight excluding hydrogens is 603 g/mol. The van der Waals surface area contributed by atoms with E-state index in [-0.39, 0.29) is 7.25 Å². The minimum absolute atomic E-state index is 0.0828. The van der Waals surface area contributed by atoms with Crippen LogP contribution in [0.1, 0.15) is 43.4 Å². The van der Waals surface area contributed by atoms with E-state index < -0.39 is 21.5 Å². The Bertz CT molecular complexity index is 1500. The molecule has 0 amide bonds. The number of benzene rings is 2. The monoisotopic (exact) mass is 631 g/mol. The van der Waals surface area contributed by atoms with Crippen molar-refractivity contribution in [1.82, 2.24) is 9.97 Å². The molecule has 2 aliphatic rings. The SMILES string of the molecule is CC1=Cc2c(-c3cccnc3)cccc2[CH]1[Zr]([Cl])([Cl])([CH]1C(C)=Cc2c(-c3cccnc3)cccc21)[SiH](C)C. The third-order valence-corrected chi connectivity index (χ3v) is 61.0. The first-order valence-electron chi connectivity index (χ1n) is 13.2. The van der Waals surface area contributed by atoms with Gasteiger partial charge in [0, 0.05) is 0 Å². The van der Waals surface area contributed by atoms with Crippen LogP contribution in [-0.2, 0) is 15.6 Å². The van der Waals surface area contributed by atoms with E-state index >= 15 is 0 Å². The maximum absolute atomic E-state index is 8.31. The van der Waals surface area contributed by atoms with Crippen LogP contribution in [0.5, 0.6) is 0 Å². The number of aromatic nitrogens is 2. The summed E-state index contributed by atoms with van der Waals surface area (Å²) in [5.41, 5.74) is 12.4. The van der Waals surface area contributed by atoms with E-state index in [0.29, 0.717) is 0 Å². The Kier molecular flexibility index (Phi) is 6.55. The zero-order valence-corrected chi connectivity index (χ0v) is 27.2. The standard InChI is InChI=1S/2C15H12N.C2H7Si.2ClH.Zr/c2*1-11-8-12-4-2-6-14(15(12)9-11)13-5-3-7-16-10-13;1-3-2;;;/h2*2-10H,1H3;3H,1-2H3;2*1H;/q;;;;;+2/p-2. The van der Waals surface area contributed by atoms with Crippen molar-refractivity contribution in [3.8, 4) is 22.3 Å². The number of hydrogen-bond donors (Lipinski definition) is 0. The van der Waals surface area contributed by atoms with Crippen molar-refractivity contribution in [2.45, 2.75) is 34.2 Å². The number of pyridine rings is 2. The van der Waals surface area contributed by atoms with Crippen molar-refractivity contribution < 1.29 is 15.6 Å². The van der Waals surface area contributed by atoms with Crippen molar-refractivity contribution in [3.05, 3.63) is 119 Å². The summed E-state index contributed by atoms with van der Waals surface area (Å²) >= 11 is -4.66. The molecule has 0 aliphatic heterocycles. The predicted octanol–water partition coefficient (Wildman–Crippen LogP) is 9.41. The van der Waals surface area contributed by atoms with Gasteiger partial charge in [0.25, 0.3) is 0 Å². The van der Waals surface area contributed by atoms with E-state index in [1.165, 1.54) is 44.5 Å².